The summed E-state index contributed by atoms with van der Waals surface area (Å²) in [6, 6.07) is 17.4. The molecule has 9 nitrogen and oxygen atoms in total. The van der Waals surface area contributed by atoms with Crippen molar-refractivity contribution in [2.24, 2.45) is 0 Å². The molecule has 0 fully saturated rings. The first-order chi connectivity index (χ1) is 22.4. The van der Waals surface area contributed by atoms with Gasteiger partial charge in [0.15, 0.2) is 6.29 Å². The van der Waals surface area contributed by atoms with Gasteiger partial charge in [0, 0.05) is 6.08 Å². The number of rotatable bonds is 21. The van der Waals surface area contributed by atoms with E-state index in [1.165, 1.54) is 37.5 Å². The van der Waals surface area contributed by atoms with Gasteiger partial charge < -0.3 is 23.7 Å². The molecule has 0 amide bonds. The molecule has 3 aromatic carbocycles. The van der Waals surface area contributed by atoms with Gasteiger partial charge in [0.1, 0.15) is 23.0 Å². The molecule has 0 aromatic heterocycles. The van der Waals surface area contributed by atoms with Gasteiger partial charge in [0.2, 0.25) is 0 Å². The van der Waals surface area contributed by atoms with Gasteiger partial charge in [0.25, 0.3) is 0 Å². The summed E-state index contributed by atoms with van der Waals surface area (Å²) in [4.78, 5) is 48.1. The van der Waals surface area contributed by atoms with Gasteiger partial charge in [0.05, 0.1) is 36.5 Å². The Morgan fingerprint density at radius 2 is 1.13 bits per heavy atom. The van der Waals surface area contributed by atoms with E-state index in [-0.39, 0.29) is 22.6 Å². The van der Waals surface area contributed by atoms with E-state index in [0.717, 1.165) is 44.6 Å². The summed E-state index contributed by atoms with van der Waals surface area (Å²) in [6.45, 7) is 7.04. The SMILES string of the molecule is C=CC(=O)OCCCCCCOc1ccc(C(=O)Oc2ccc(OC(=O)c3ccc(OCCCCCCC)cc3)cc2C=O)cc1. The van der Waals surface area contributed by atoms with Gasteiger partial charge in [-0.3, -0.25) is 4.79 Å². The fourth-order valence-electron chi connectivity index (χ4n) is 4.35. The van der Waals surface area contributed by atoms with Crippen LogP contribution in [-0.4, -0.2) is 44.0 Å². The minimum atomic E-state index is -0.653. The standard InChI is InChI=1S/C37H42O9/c1-3-5-6-7-10-23-42-31-17-13-28(14-18-31)36(40)45-33-21-22-34(30(26-33)27-38)46-37(41)29-15-19-32(20-16-29)43-24-11-8-9-12-25-44-35(39)4-2/h4,13-22,26-27H,2-3,5-12,23-25H2,1H3. The molecule has 9 heteroatoms. The first-order valence-corrected chi connectivity index (χ1v) is 15.7. The minimum absolute atomic E-state index is 0.0376. The summed E-state index contributed by atoms with van der Waals surface area (Å²) in [5.41, 5.74) is 0.660. The van der Waals surface area contributed by atoms with Crippen LogP contribution in [0.4, 0.5) is 0 Å². The molecule has 0 saturated carbocycles. The van der Waals surface area contributed by atoms with Crippen molar-refractivity contribution in [1.82, 2.24) is 0 Å². The van der Waals surface area contributed by atoms with Crippen LogP contribution in [0.1, 0.15) is 95.8 Å². The molecule has 0 saturated heterocycles. The number of hydrogen-bond donors (Lipinski definition) is 0. The number of unbranched alkanes of at least 4 members (excludes halogenated alkanes) is 7. The molecule has 0 bridgehead atoms. The number of ether oxygens (including phenoxy) is 5. The lowest BCUT2D eigenvalue weighted by molar-refractivity contribution is -0.137. The van der Waals surface area contributed by atoms with Gasteiger partial charge in [-0.05, 0) is 98.8 Å². The molecule has 0 N–H and O–H groups in total. The van der Waals surface area contributed by atoms with E-state index in [0.29, 0.717) is 43.2 Å². The number of carbonyl (C=O) groups is 4. The van der Waals surface area contributed by atoms with E-state index in [1.54, 1.807) is 48.5 Å². The molecule has 3 rings (SSSR count). The van der Waals surface area contributed by atoms with Crippen LogP contribution in [0, 0.1) is 0 Å². The second kappa shape index (κ2) is 20.2. The molecule has 244 valence electrons. The minimum Gasteiger partial charge on any atom is -0.494 e. The average molecular weight is 631 g/mol. The van der Waals surface area contributed by atoms with Crippen molar-refractivity contribution in [1.29, 1.82) is 0 Å². The molecular weight excluding hydrogens is 588 g/mol. The number of benzene rings is 3. The van der Waals surface area contributed by atoms with E-state index in [2.05, 4.69) is 13.5 Å². The van der Waals surface area contributed by atoms with Crippen molar-refractivity contribution in [3.8, 4) is 23.0 Å². The number of esters is 3. The van der Waals surface area contributed by atoms with Crippen molar-refractivity contribution in [2.75, 3.05) is 19.8 Å². The number of aldehydes is 1. The number of carbonyl (C=O) groups excluding carboxylic acids is 4. The summed E-state index contributed by atoms with van der Waals surface area (Å²) < 4.78 is 27.3. The maximum Gasteiger partial charge on any atom is 0.343 e. The van der Waals surface area contributed by atoms with E-state index in [9.17, 15) is 19.2 Å². The van der Waals surface area contributed by atoms with Crippen LogP contribution in [-0.2, 0) is 9.53 Å². The van der Waals surface area contributed by atoms with Crippen LogP contribution in [0.25, 0.3) is 0 Å². The first kappa shape index (κ1) is 35.6. The third kappa shape index (κ3) is 12.6. The van der Waals surface area contributed by atoms with Crippen LogP contribution in [0.3, 0.4) is 0 Å². The fourth-order valence-corrected chi connectivity index (χ4v) is 4.35. The van der Waals surface area contributed by atoms with E-state index in [4.69, 9.17) is 23.7 Å². The van der Waals surface area contributed by atoms with Crippen molar-refractivity contribution < 1.29 is 42.9 Å². The lowest BCUT2D eigenvalue weighted by Crippen LogP contribution is -2.11. The molecular formula is C37H42O9. The predicted molar refractivity (Wildman–Crippen MR) is 174 cm³/mol. The molecule has 0 aliphatic heterocycles. The lowest BCUT2D eigenvalue weighted by Gasteiger charge is -2.10. The van der Waals surface area contributed by atoms with E-state index >= 15 is 0 Å². The van der Waals surface area contributed by atoms with Crippen LogP contribution >= 0.6 is 0 Å². The third-order valence-corrected chi connectivity index (χ3v) is 6.94. The summed E-state index contributed by atoms with van der Waals surface area (Å²) in [5, 5.41) is 0. The van der Waals surface area contributed by atoms with Crippen molar-refractivity contribution in [3.63, 3.8) is 0 Å². The molecule has 0 heterocycles. The van der Waals surface area contributed by atoms with Gasteiger partial charge in [-0.25, -0.2) is 14.4 Å². The fraction of sp³-hybridized carbons (Fsp3) is 0.351. The summed E-state index contributed by atoms with van der Waals surface area (Å²) >= 11 is 0. The molecule has 0 aliphatic carbocycles. The van der Waals surface area contributed by atoms with E-state index in [1.807, 2.05) is 0 Å². The highest BCUT2D eigenvalue weighted by Gasteiger charge is 2.15. The quantitative estimate of drug-likeness (QED) is 0.0380. The Bertz CT molecular complexity index is 1410. The molecule has 0 atom stereocenters. The number of hydrogen-bond acceptors (Lipinski definition) is 9. The summed E-state index contributed by atoms with van der Waals surface area (Å²) in [7, 11) is 0. The first-order valence-electron chi connectivity index (χ1n) is 15.7. The average Bonchev–Trinajstić information content (AvgIpc) is 3.08. The normalized spacial score (nSPS) is 10.5. The zero-order chi connectivity index (χ0) is 33.0. The lowest BCUT2D eigenvalue weighted by atomic mass is 10.2. The second-order valence-electron chi connectivity index (χ2n) is 10.5. The van der Waals surface area contributed by atoms with Crippen LogP contribution in [0.2, 0.25) is 0 Å². The zero-order valence-electron chi connectivity index (χ0n) is 26.4. The van der Waals surface area contributed by atoms with Crippen LogP contribution < -0.4 is 18.9 Å². The molecule has 0 spiro atoms. The molecule has 0 unspecified atom stereocenters. The van der Waals surface area contributed by atoms with Crippen LogP contribution in [0.15, 0.2) is 79.4 Å². The monoisotopic (exact) mass is 630 g/mol. The molecule has 3 aromatic rings. The highest BCUT2D eigenvalue weighted by atomic mass is 16.5. The Kier molecular flexibility index (Phi) is 15.6. The second-order valence-corrected chi connectivity index (χ2v) is 10.5. The molecule has 0 radical (unpaired) electrons. The molecule has 0 aliphatic rings. The largest absolute Gasteiger partial charge is 0.494 e. The van der Waals surface area contributed by atoms with Crippen molar-refractivity contribution in [2.45, 2.75) is 64.7 Å². The van der Waals surface area contributed by atoms with Gasteiger partial charge in [-0.2, -0.15) is 0 Å². The Morgan fingerprint density at radius 1 is 0.630 bits per heavy atom. The zero-order valence-corrected chi connectivity index (χ0v) is 26.4. The van der Waals surface area contributed by atoms with Crippen molar-refractivity contribution in [3.05, 3.63) is 96.1 Å². The Hall–Kier alpha value is -4.92. The van der Waals surface area contributed by atoms with Crippen LogP contribution in [0.5, 0.6) is 23.0 Å². The molecule has 46 heavy (non-hydrogen) atoms. The van der Waals surface area contributed by atoms with E-state index < -0.39 is 17.9 Å². The summed E-state index contributed by atoms with van der Waals surface area (Å²) in [6.07, 6.45) is 10.9. The van der Waals surface area contributed by atoms with Gasteiger partial charge in [-0.15, -0.1) is 0 Å². The highest BCUT2D eigenvalue weighted by molar-refractivity contribution is 5.93. The Morgan fingerprint density at radius 3 is 1.65 bits per heavy atom. The van der Waals surface area contributed by atoms with Gasteiger partial charge in [-0.1, -0.05) is 39.2 Å². The van der Waals surface area contributed by atoms with Crippen molar-refractivity contribution >= 4 is 24.2 Å². The third-order valence-electron chi connectivity index (χ3n) is 6.94. The Balaban J connectivity index is 1.43. The Labute approximate surface area is 270 Å². The summed E-state index contributed by atoms with van der Waals surface area (Å²) in [5.74, 6) is -0.203. The smallest absolute Gasteiger partial charge is 0.343 e. The van der Waals surface area contributed by atoms with Gasteiger partial charge >= 0.3 is 17.9 Å². The maximum absolute atomic E-state index is 12.7. The maximum atomic E-state index is 12.7. The topological polar surface area (TPSA) is 114 Å². The predicted octanol–water partition coefficient (Wildman–Crippen LogP) is 7.96. The highest BCUT2D eigenvalue weighted by Crippen LogP contribution is 2.25.